The van der Waals surface area contributed by atoms with Crippen LogP contribution in [-0.2, 0) is 29.1 Å². The average Bonchev–Trinajstić information content (AvgIpc) is 3.40. The predicted octanol–water partition coefficient (Wildman–Crippen LogP) is 5.12. The van der Waals surface area contributed by atoms with Gasteiger partial charge in [0.15, 0.2) is 0 Å². The molecule has 8 heteroatoms. The van der Waals surface area contributed by atoms with Crippen molar-refractivity contribution in [1.82, 2.24) is 25.0 Å². The summed E-state index contributed by atoms with van der Waals surface area (Å²) in [5.74, 6) is -0.279. The molecule has 0 fully saturated rings. The van der Waals surface area contributed by atoms with Gasteiger partial charge in [-0.25, -0.2) is 9.75 Å². The van der Waals surface area contributed by atoms with Crippen LogP contribution in [0.1, 0.15) is 68.6 Å². The van der Waals surface area contributed by atoms with E-state index < -0.39 is 0 Å². The zero-order valence-corrected chi connectivity index (χ0v) is 24.2. The predicted molar refractivity (Wildman–Crippen MR) is 155 cm³/mol. The first kappa shape index (κ1) is 27.5. The largest absolute Gasteiger partial charge is 0.334 e. The number of nitrogens with zero attached hydrogens (tertiary/aromatic N) is 5. The maximum atomic E-state index is 13.4. The zero-order chi connectivity index (χ0) is 28.6. The number of benzene rings is 3. The van der Waals surface area contributed by atoms with Crippen molar-refractivity contribution >= 4 is 22.8 Å². The number of aryl methyl sites for hydroxylation is 4. The number of carbonyl (C=O) groups excluding carboxylic acids is 2. The first-order valence-corrected chi connectivity index (χ1v) is 13.8. The number of rotatable bonds is 7. The smallest absolute Gasteiger partial charge is 0.254 e. The Labute approximate surface area is 235 Å². The first-order valence-electron chi connectivity index (χ1n) is 13.8. The fourth-order valence-corrected chi connectivity index (χ4v) is 5.63. The Morgan fingerprint density at radius 1 is 1.02 bits per heavy atom. The van der Waals surface area contributed by atoms with E-state index in [1.165, 1.54) is 23.3 Å². The lowest BCUT2D eigenvalue weighted by Gasteiger charge is -2.30. The van der Waals surface area contributed by atoms with E-state index >= 15 is 0 Å². The van der Waals surface area contributed by atoms with Gasteiger partial charge < -0.3 is 4.90 Å². The van der Waals surface area contributed by atoms with Crippen LogP contribution in [0, 0.1) is 20.8 Å². The van der Waals surface area contributed by atoms with E-state index in [4.69, 9.17) is 4.84 Å². The van der Waals surface area contributed by atoms with Crippen molar-refractivity contribution in [3.05, 3.63) is 93.0 Å². The van der Waals surface area contributed by atoms with Crippen LogP contribution in [0.3, 0.4) is 0 Å². The molecule has 2 amide bonds. The van der Waals surface area contributed by atoms with Crippen LogP contribution in [0.25, 0.3) is 11.0 Å². The molecule has 0 bridgehead atoms. The van der Waals surface area contributed by atoms with Crippen LogP contribution in [0.4, 0.5) is 0 Å². The third kappa shape index (κ3) is 5.11. The second-order valence-electron chi connectivity index (χ2n) is 10.7. The summed E-state index contributed by atoms with van der Waals surface area (Å²) in [6, 6.07) is 16.5. The Hall–Kier alpha value is -4.04. The van der Waals surface area contributed by atoms with Crippen LogP contribution < -0.4 is 0 Å². The molecular weight excluding hydrogens is 502 g/mol. The summed E-state index contributed by atoms with van der Waals surface area (Å²) >= 11 is 0. The minimum atomic E-state index is -0.211. The van der Waals surface area contributed by atoms with Crippen LogP contribution in [0.15, 0.2) is 48.5 Å². The number of carbonyl (C=O) groups is 2. The van der Waals surface area contributed by atoms with Crippen LogP contribution in [-0.4, -0.2) is 57.5 Å². The van der Waals surface area contributed by atoms with Crippen LogP contribution >= 0.6 is 0 Å². The maximum absolute atomic E-state index is 13.4. The van der Waals surface area contributed by atoms with Crippen molar-refractivity contribution in [1.29, 1.82) is 0 Å². The molecule has 0 unspecified atom stereocenters. The molecule has 1 aliphatic heterocycles. The molecule has 4 aromatic rings. The van der Waals surface area contributed by atoms with Gasteiger partial charge in [-0.2, -0.15) is 0 Å². The molecule has 1 atom stereocenters. The molecule has 8 nitrogen and oxygen atoms in total. The number of aromatic nitrogens is 3. The molecule has 3 aromatic carbocycles. The number of hydrogen-bond donors (Lipinski definition) is 0. The third-order valence-corrected chi connectivity index (χ3v) is 8.35. The Kier molecular flexibility index (Phi) is 7.72. The minimum Gasteiger partial charge on any atom is -0.334 e. The lowest BCUT2D eigenvalue weighted by Crippen LogP contribution is -2.36. The quantitative estimate of drug-likeness (QED) is 0.305. The number of hydrogen-bond acceptors (Lipinski definition) is 5. The van der Waals surface area contributed by atoms with Gasteiger partial charge in [-0.15, -0.1) is 5.10 Å². The van der Waals surface area contributed by atoms with E-state index in [9.17, 15) is 9.59 Å². The van der Waals surface area contributed by atoms with E-state index in [2.05, 4.69) is 41.5 Å². The topological polar surface area (TPSA) is 80.6 Å². The van der Waals surface area contributed by atoms with Gasteiger partial charge in [0.2, 0.25) is 5.91 Å². The van der Waals surface area contributed by atoms with Gasteiger partial charge in [-0.3, -0.25) is 14.4 Å². The zero-order valence-electron chi connectivity index (χ0n) is 24.2. The van der Waals surface area contributed by atoms with Crippen LogP contribution in [0.2, 0.25) is 0 Å². The van der Waals surface area contributed by atoms with Crippen molar-refractivity contribution < 1.29 is 14.4 Å². The monoisotopic (exact) mass is 539 g/mol. The van der Waals surface area contributed by atoms with Gasteiger partial charge >= 0.3 is 0 Å². The van der Waals surface area contributed by atoms with Gasteiger partial charge in [-0.1, -0.05) is 35.5 Å². The fourth-order valence-electron chi connectivity index (χ4n) is 5.63. The third-order valence-electron chi connectivity index (χ3n) is 8.35. The number of amides is 2. The number of fused-ring (bicyclic) bond motifs is 2. The van der Waals surface area contributed by atoms with E-state index in [0.717, 1.165) is 57.4 Å². The van der Waals surface area contributed by atoms with E-state index in [0.29, 0.717) is 13.1 Å². The normalized spacial score (nSPS) is 13.8. The summed E-state index contributed by atoms with van der Waals surface area (Å²) in [6.45, 7) is 10.1. The summed E-state index contributed by atoms with van der Waals surface area (Å²) in [5, 5.41) is 10.0. The van der Waals surface area contributed by atoms with E-state index in [1.807, 2.05) is 54.6 Å². The molecular formula is C32H37N5O3. The molecule has 0 radical (unpaired) electrons. The SMILES string of the molecule is CCn1nnc2c(C)c([C@@H](CC(=O)N(C)OC)c3ccc4c(c3)CN(C(=O)c3ccc(C)c(C)c3)CC4)ccc21. The highest BCUT2D eigenvalue weighted by Crippen LogP contribution is 2.35. The molecule has 1 aromatic heterocycles. The summed E-state index contributed by atoms with van der Waals surface area (Å²) in [4.78, 5) is 33.7. The summed E-state index contributed by atoms with van der Waals surface area (Å²) in [6.07, 6.45) is 1.04. The molecule has 5 rings (SSSR count). The minimum absolute atomic E-state index is 0.0490. The summed E-state index contributed by atoms with van der Waals surface area (Å²) in [7, 11) is 3.12. The highest BCUT2D eigenvalue weighted by molar-refractivity contribution is 5.94. The van der Waals surface area contributed by atoms with Gasteiger partial charge in [0.05, 0.1) is 12.6 Å². The molecule has 2 heterocycles. The van der Waals surface area contributed by atoms with Crippen molar-refractivity contribution in [3.8, 4) is 0 Å². The first-order chi connectivity index (χ1) is 19.2. The second-order valence-corrected chi connectivity index (χ2v) is 10.7. The Morgan fingerprint density at radius 2 is 1.82 bits per heavy atom. The van der Waals surface area contributed by atoms with E-state index in [1.54, 1.807) is 7.05 Å². The van der Waals surface area contributed by atoms with E-state index in [-0.39, 0.29) is 24.2 Å². The average molecular weight is 540 g/mol. The molecule has 0 N–H and O–H groups in total. The molecule has 40 heavy (non-hydrogen) atoms. The van der Waals surface area contributed by atoms with Crippen LogP contribution in [0.5, 0.6) is 0 Å². The Balaban J connectivity index is 1.51. The molecule has 1 aliphatic rings. The molecule has 208 valence electrons. The summed E-state index contributed by atoms with van der Waals surface area (Å²) in [5.41, 5.74) is 10.3. The Bertz CT molecular complexity index is 1590. The molecule has 0 saturated carbocycles. The number of hydroxylamine groups is 2. The molecule has 0 aliphatic carbocycles. The van der Waals surface area contributed by atoms with Crippen molar-refractivity contribution in [3.63, 3.8) is 0 Å². The highest BCUT2D eigenvalue weighted by atomic mass is 16.7. The lowest BCUT2D eigenvalue weighted by molar-refractivity contribution is -0.168. The van der Waals surface area contributed by atoms with Crippen molar-refractivity contribution in [2.75, 3.05) is 20.7 Å². The standard InChI is InChI=1S/C32H37N5O3/c1-7-37-29-13-12-27(22(4)31(29)33-34-37)28(18-30(38)35(5)40-6)24-11-10-23-14-15-36(19-26(23)17-24)32(39)25-9-8-20(2)21(3)16-25/h8-13,16-17,28H,7,14-15,18-19H2,1-6H3/t28-/m0/s1. The fraction of sp³-hybridized carbons (Fsp3) is 0.375. The second kappa shape index (κ2) is 11.2. The highest BCUT2D eigenvalue weighted by Gasteiger charge is 2.27. The van der Waals surface area contributed by atoms with Gasteiger partial charge in [0.1, 0.15) is 5.52 Å². The van der Waals surface area contributed by atoms with Gasteiger partial charge in [0.25, 0.3) is 5.91 Å². The van der Waals surface area contributed by atoms with Gasteiger partial charge in [0, 0.05) is 44.6 Å². The maximum Gasteiger partial charge on any atom is 0.254 e. The lowest BCUT2D eigenvalue weighted by atomic mass is 9.83. The summed E-state index contributed by atoms with van der Waals surface area (Å²) < 4.78 is 1.88. The van der Waals surface area contributed by atoms with Gasteiger partial charge in [-0.05, 0) is 91.3 Å². The van der Waals surface area contributed by atoms with Crippen molar-refractivity contribution in [2.24, 2.45) is 0 Å². The molecule has 0 saturated heterocycles. The Morgan fingerprint density at radius 3 is 2.55 bits per heavy atom. The van der Waals surface area contributed by atoms with Crippen molar-refractivity contribution in [2.45, 2.75) is 59.5 Å². The molecule has 0 spiro atoms.